The van der Waals surface area contributed by atoms with Crippen molar-refractivity contribution in [3.05, 3.63) is 5.82 Å². The lowest BCUT2D eigenvalue weighted by Gasteiger charge is -2.28. The van der Waals surface area contributed by atoms with Crippen LogP contribution >= 0.6 is 0 Å². The molecular weight excluding hydrogens is 180 g/mol. The first-order valence-corrected chi connectivity index (χ1v) is 4.92. The second kappa shape index (κ2) is 3.77. The van der Waals surface area contributed by atoms with Crippen LogP contribution in [-0.4, -0.2) is 34.6 Å². The van der Waals surface area contributed by atoms with Crippen LogP contribution in [0.5, 0.6) is 0 Å². The fraction of sp³-hybridized carbons (Fsp3) is 0.667. The normalized spacial score (nSPS) is 18.5. The average Bonchev–Trinajstić information content (AvgIpc) is 2.67. The maximum Gasteiger partial charge on any atom is 0.245 e. The van der Waals surface area contributed by atoms with Crippen molar-refractivity contribution in [2.45, 2.75) is 19.8 Å². The largest absolute Gasteiger partial charge is 0.340 e. The Hall–Kier alpha value is -1.39. The van der Waals surface area contributed by atoms with Gasteiger partial charge in [-0.3, -0.25) is 9.89 Å². The average molecular weight is 194 g/mol. The highest BCUT2D eigenvalue weighted by atomic mass is 16.1. The van der Waals surface area contributed by atoms with E-state index in [0.29, 0.717) is 18.1 Å². The number of rotatable bonds is 2. The van der Waals surface area contributed by atoms with Crippen LogP contribution in [0.4, 0.5) is 5.95 Å². The molecule has 0 bridgehead atoms. The van der Waals surface area contributed by atoms with Crippen LogP contribution in [0.15, 0.2) is 0 Å². The SMILES string of the molecule is CC1CCN(c2n[nH]c(C=O)n2)CC1. The third kappa shape index (κ3) is 1.76. The lowest BCUT2D eigenvalue weighted by atomic mass is 10.00. The van der Waals surface area contributed by atoms with Gasteiger partial charge in [0.2, 0.25) is 5.95 Å². The fourth-order valence-electron chi connectivity index (χ4n) is 1.67. The number of piperidine rings is 1. The van der Waals surface area contributed by atoms with Crippen LogP contribution in [0.25, 0.3) is 0 Å². The first-order valence-electron chi connectivity index (χ1n) is 4.92. The number of hydrogen-bond acceptors (Lipinski definition) is 4. The molecule has 0 aromatic carbocycles. The quantitative estimate of drug-likeness (QED) is 0.709. The van der Waals surface area contributed by atoms with Crippen LogP contribution < -0.4 is 4.90 Å². The number of H-pyrrole nitrogens is 1. The number of hydrogen-bond donors (Lipinski definition) is 1. The van der Waals surface area contributed by atoms with Gasteiger partial charge in [-0.2, -0.15) is 4.98 Å². The van der Waals surface area contributed by atoms with Crippen LogP contribution in [0, 0.1) is 5.92 Å². The predicted molar refractivity (Wildman–Crippen MR) is 52.4 cm³/mol. The van der Waals surface area contributed by atoms with Gasteiger partial charge in [-0.25, -0.2) is 0 Å². The van der Waals surface area contributed by atoms with Gasteiger partial charge in [0.25, 0.3) is 0 Å². The van der Waals surface area contributed by atoms with Crippen LogP contribution in [-0.2, 0) is 0 Å². The molecule has 0 saturated carbocycles. The Morgan fingerprint density at radius 3 is 2.79 bits per heavy atom. The zero-order chi connectivity index (χ0) is 9.97. The zero-order valence-electron chi connectivity index (χ0n) is 8.23. The van der Waals surface area contributed by atoms with Gasteiger partial charge in [0.1, 0.15) is 0 Å². The van der Waals surface area contributed by atoms with Gasteiger partial charge < -0.3 is 4.90 Å². The van der Waals surface area contributed by atoms with Crippen LogP contribution in [0.1, 0.15) is 30.4 Å². The molecule has 1 aliphatic heterocycles. The minimum atomic E-state index is 0.304. The Kier molecular flexibility index (Phi) is 2.47. The molecule has 0 spiro atoms. The summed E-state index contributed by atoms with van der Waals surface area (Å²) in [5.41, 5.74) is 0. The molecular formula is C9H14N4O. The number of aromatic nitrogens is 3. The number of anilines is 1. The van der Waals surface area contributed by atoms with Gasteiger partial charge in [-0.05, 0) is 18.8 Å². The molecule has 1 aromatic rings. The lowest BCUT2D eigenvalue weighted by Crippen LogP contribution is -2.33. The molecule has 5 heteroatoms. The molecule has 76 valence electrons. The van der Waals surface area contributed by atoms with E-state index in [1.165, 1.54) is 12.8 Å². The van der Waals surface area contributed by atoms with Gasteiger partial charge in [0.05, 0.1) is 0 Å². The van der Waals surface area contributed by atoms with E-state index in [-0.39, 0.29) is 0 Å². The zero-order valence-corrected chi connectivity index (χ0v) is 8.23. The topological polar surface area (TPSA) is 61.9 Å². The second-order valence-electron chi connectivity index (χ2n) is 3.81. The fourth-order valence-corrected chi connectivity index (χ4v) is 1.67. The van der Waals surface area contributed by atoms with Crippen molar-refractivity contribution in [2.24, 2.45) is 5.92 Å². The minimum absolute atomic E-state index is 0.304. The highest BCUT2D eigenvalue weighted by Gasteiger charge is 2.18. The maximum absolute atomic E-state index is 10.4. The molecule has 5 nitrogen and oxygen atoms in total. The van der Waals surface area contributed by atoms with E-state index < -0.39 is 0 Å². The Balaban J connectivity index is 2.04. The molecule has 1 N–H and O–H groups in total. The Morgan fingerprint density at radius 2 is 2.21 bits per heavy atom. The summed E-state index contributed by atoms with van der Waals surface area (Å²) in [6, 6.07) is 0. The molecule has 0 amide bonds. The molecule has 0 atom stereocenters. The molecule has 1 aromatic heterocycles. The van der Waals surface area contributed by atoms with E-state index in [2.05, 4.69) is 27.0 Å². The van der Waals surface area contributed by atoms with Crippen molar-refractivity contribution in [1.29, 1.82) is 0 Å². The van der Waals surface area contributed by atoms with E-state index in [1.807, 2.05) is 0 Å². The van der Waals surface area contributed by atoms with E-state index in [0.717, 1.165) is 19.0 Å². The van der Waals surface area contributed by atoms with Gasteiger partial charge >= 0.3 is 0 Å². The van der Waals surface area contributed by atoms with Crippen molar-refractivity contribution in [3.8, 4) is 0 Å². The highest BCUT2D eigenvalue weighted by molar-refractivity contribution is 5.69. The molecule has 1 aliphatic rings. The molecule has 1 saturated heterocycles. The summed E-state index contributed by atoms with van der Waals surface area (Å²) < 4.78 is 0. The maximum atomic E-state index is 10.4. The molecule has 1 fully saturated rings. The van der Waals surface area contributed by atoms with Gasteiger partial charge in [0, 0.05) is 13.1 Å². The van der Waals surface area contributed by atoms with Gasteiger partial charge in [0.15, 0.2) is 12.1 Å². The van der Waals surface area contributed by atoms with E-state index in [1.54, 1.807) is 0 Å². The summed E-state index contributed by atoms with van der Waals surface area (Å²) in [5, 5.41) is 6.59. The van der Waals surface area contributed by atoms with Gasteiger partial charge in [-0.1, -0.05) is 6.92 Å². The number of aromatic amines is 1. The molecule has 0 radical (unpaired) electrons. The standard InChI is InChI=1S/C9H14N4O/c1-7-2-4-13(5-3-7)9-10-8(6-14)11-12-9/h6-7H,2-5H2,1H3,(H,10,11,12). The van der Waals surface area contributed by atoms with E-state index in [9.17, 15) is 4.79 Å². The van der Waals surface area contributed by atoms with E-state index >= 15 is 0 Å². The molecule has 0 unspecified atom stereocenters. The Morgan fingerprint density at radius 1 is 1.50 bits per heavy atom. The van der Waals surface area contributed by atoms with Crippen molar-refractivity contribution in [1.82, 2.24) is 15.2 Å². The summed E-state index contributed by atoms with van der Waals surface area (Å²) in [6.45, 7) is 4.22. The van der Waals surface area contributed by atoms with Crippen LogP contribution in [0.2, 0.25) is 0 Å². The Bertz CT molecular complexity index is 314. The third-order valence-electron chi connectivity index (χ3n) is 2.67. The summed E-state index contributed by atoms with van der Waals surface area (Å²) in [4.78, 5) is 16.6. The monoisotopic (exact) mass is 194 g/mol. The lowest BCUT2D eigenvalue weighted by molar-refractivity contribution is 0.111. The first kappa shape index (κ1) is 9.18. The van der Waals surface area contributed by atoms with E-state index in [4.69, 9.17) is 0 Å². The second-order valence-corrected chi connectivity index (χ2v) is 3.81. The van der Waals surface area contributed by atoms with Crippen LogP contribution in [0.3, 0.4) is 0 Å². The number of aldehydes is 1. The predicted octanol–water partition coefficient (Wildman–Crippen LogP) is 0.853. The Labute approximate surface area is 82.5 Å². The number of carbonyl (C=O) groups is 1. The van der Waals surface area contributed by atoms with Gasteiger partial charge in [-0.15, -0.1) is 5.10 Å². The number of nitrogens with zero attached hydrogens (tertiary/aromatic N) is 3. The third-order valence-corrected chi connectivity index (χ3v) is 2.67. The van der Waals surface area contributed by atoms with Crippen molar-refractivity contribution in [3.63, 3.8) is 0 Å². The summed E-state index contributed by atoms with van der Waals surface area (Å²) in [5.74, 6) is 1.74. The summed E-state index contributed by atoms with van der Waals surface area (Å²) in [7, 11) is 0. The number of nitrogens with one attached hydrogen (secondary N) is 1. The molecule has 0 aliphatic carbocycles. The first-order chi connectivity index (χ1) is 6.79. The summed E-state index contributed by atoms with van der Waals surface area (Å²) in [6.07, 6.45) is 3.03. The summed E-state index contributed by atoms with van der Waals surface area (Å²) >= 11 is 0. The molecule has 2 heterocycles. The number of carbonyl (C=O) groups excluding carboxylic acids is 1. The molecule has 14 heavy (non-hydrogen) atoms. The van der Waals surface area contributed by atoms with Crippen molar-refractivity contribution >= 4 is 12.2 Å². The minimum Gasteiger partial charge on any atom is -0.340 e. The molecule has 2 rings (SSSR count). The van der Waals surface area contributed by atoms with Crippen molar-refractivity contribution in [2.75, 3.05) is 18.0 Å². The highest BCUT2D eigenvalue weighted by Crippen LogP contribution is 2.19. The smallest absolute Gasteiger partial charge is 0.245 e. The van der Waals surface area contributed by atoms with Crippen molar-refractivity contribution < 1.29 is 4.79 Å².